The molecule has 2 rings (SSSR count). The van der Waals surface area contributed by atoms with Gasteiger partial charge in [0.1, 0.15) is 0 Å². The van der Waals surface area contributed by atoms with Crippen LogP contribution in [-0.4, -0.2) is 35.3 Å². The molecule has 3 nitrogen and oxygen atoms in total. The maximum atomic E-state index is 3.67. The number of hydrogen-bond acceptors (Lipinski definition) is 2. The Labute approximate surface area is 105 Å². The molecule has 0 aliphatic carbocycles. The third-order valence-corrected chi connectivity index (χ3v) is 3.85. The lowest BCUT2D eigenvalue weighted by atomic mass is 10.1. The highest BCUT2D eigenvalue weighted by Gasteiger charge is 2.16. The van der Waals surface area contributed by atoms with Gasteiger partial charge in [0.15, 0.2) is 0 Å². The minimum atomic E-state index is 0.622. The molecule has 1 atom stereocenters. The monoisotopic (exact) mass is 235 g/mol. The van der Waals surface area contributed by atoms with Crippen LogP contribution in [0.4, 0.5) is 0 Å². The Morgan fingerprint density at radius 3 is 2.53 bits per heavy atom. The molecular formula is C14H25N3. The Balaban J connectivity index is 1.95. The van der Waals surface area contributed by atoms with Gasteiger partial charge in [-0.15, -0.1) is 0 Å². The summed E-state index contributed by atoms with van der Waals surface area (Å²) in [5, 5.41) is 0. The highest BCUT2D eigenvalue weighted by atomic mass is 15.4. The van der Waals surface area contributed by atoms with Crippen LogP contribution in [-0.2, 0) is 0 Å². The van der Waals surface area contributed by atoms with E-state index in [-0.39, 0.29) is 0 Å². The summed E-state index contributed by atoms with van der Waals surface area (Å²) in [6.07, 6.45) is 3.85. The molecule has 0 radical (unpaired) electrons. The van der Waals surface area contributed by atoms with E-state index in [2.05, 4.69) is 47.9 Å². The van der Waals surface area contributed by atoms with Crippen molar-refractivity contribution in [3.63, 3.8) is 0 Å². The molecule has 1 aliphatic rings. The summed E-state index contributed by atoms with van der Waals surface area (Å²) < 4.78 is 2.24. The average Bonchev–Trinajstić information content (AvgIpc) is 2.57. The lowest BCUT2D eigenvalue weighted by Crippen LogP contribution is -2.31. The van der Waals surface area contributed by atoms with Crippen LogP contribution >= 0.6 is 0 Å². The maximum Gasteiger partial charge on any atom is 0.0437 e. The van der Waals surface area contributed by atoms with Gasteiger partial charge in [-0.1, -0.05) is 6.92 Å². The Bertz CT molecular complexity index is 337. The molecule has 1 fully saturated rings. The van der Waals surface area contributed by atoms with Crippen molar-refractivity contribution in [2.75, 3.05) is 25.1 Å². The van der Waals surface area contributed by atoms with E-state index in [1.807, 2.05) is 0 Å². The Morgan fingerprint density at radius 1 is 1.18 bits per heavy atom. The number of aryl methyl sites for hydroxylation is 2. The van der Waals surface area contributed by atoms with Crippen molar-refractivity contribution < 1.29 is 0 Å². The summed E-state index contributed by atoms with van der Waals surface area (Å²) in [6, 6.07) is 4.98. The van der Waals surface area contributed by atoms with Crippen LogP contribution in [0.25, 0.3) is 0 Å². The Kier molecular flexibility index (Phi) is 4.11. The first kappa shape index (κ1) is 12.5. The second-order valence-corrected chi connectivity index (χ2v) is 5.14. The first-order valence-corrected chi connectivity index (χ1v) is 6.84. The van der Waals surface area contributed by atoms with E-state index in [4.69, 9.17) is 0 Å². The first-order chi connectivity index (χ1) is 8.20. The predicted octanol–water partition coefficient (Wildman–Crippen LogP) is 2.52. The van der Waals surface area contributed by atoms with Gasteiger partial charge in [0.05, 0.1) is 0 Å². The van der Waals surface area contributed by atoms with E-state index in [0.29, 0.717) is 6.04 Å². The number of nitrogens with zero attached hydrogens (tertiary/aromatic N) is 2. The SMILES string of the molecule is CCN1CCCC(Nn2c(C)ccc2C)CC1. The van der Waals surface area contributed by atoms with Gasteiger partial charge >= 0.3 is 0 Å². The molecule has 0 aromatic carbocycles. The molecule has 96 valence electrons. The van der Waals surface area contributed by atoms with Gasteiger partial charge in [0.25, 0.3) is 0 Å². The standard InChI is InChI=1S/C14H25N3/c1-4-16-10-5-6-14(9-11-16)15-17-12(2)7-8-13(17)3/h7-8,14-15H,4-6,9-11H2,1-3H3. The van der Waals surface area contributed by atoms with Crippen molar-refractivity contribution in [2.24, 2.45) is 0 Å². The quantitative estimate of drug-likeness (QED) is 0.868. The molecule has 1 aromatic rings. The van der Waals surface area contributed by atoms with Crippen LogP contribution in [0.3, 0.4) is 0 Å². The fraction of sp³-hybridized carbons (Fsp3) is 0.714. The third kappa shape index (κ3) is 3.03. The molecule has 1 aromatic heterocycles. The van der Waals surface area contributed by atoms with Gasteiger partial charge in [-0.3, -0.25) is 4.68 Å². The molecule has 1 aliphatic heterocycles. The smallest absolute Gasteiger partial charge is 0.0437 e. The van der Waals surface area contributed by atoms with E-state index in [0.717, 1.165) is 0 Å². The average molecular weight is 235 g/mol. The zero-order valence-electron chi connectivity index (χ0n) is 11.4. The van der Waals surface area contributed by atoms with Crippen LogP contribution in [0.2, 0.25) is 0 Å². The van der Waals surface area contributed by atoms with Crippen molar-refractivity contribution in [1.29, 1.82) is 0 Å². The topological polar surface area (TPSA) is 20.2 Å². The molecule has 1 saturated heterocycles. The minimum Gasteiger partial charge on any atom is -0.323 e. The van der Waals surface area contributed by atoms with E-state index in [1.165, 1.54) is 50.3 Å². The van der Waals surface area contributed by atoms with Crippen molar-refractivity contribution in [1.82, 2.24) is 9.58 Å². The maximum absolute atomic E-state index is 3.67. The van der Waals surface area contributed by atoms with Crippen LogP contribution in [0.1, 0.15) is 37.6 Å². The van der Waals surface area contributed by atoms with Crippen LogP contribution in [0, 0.1) is 13.8 Å². The van der Waals surface area contributed by atoms with Gasteiger partial charge in [0.2, 0.25) is 0 Å². The highest BCUT2D eigenvalue weighted by Crippen LogP contribution is 2.13. The number of likely N-dealkylation sites (tertiary alicyclic amines) is 1. The molecule has 3 heteroatoms. The third-order valence-electron chi connectivity index (χ3n) is 3.85. The van der Waals surface area contributed by atoms with Gasteiger partial charge in [-0.2, -0.15) is 0 Å². The molecule has 0 spiro atoms. The minimum absolute atomic E-state index is 0.622. The van der Waals surface area contributed by atoms with Gasteiger partial charge in [-0.25, -0.2) is 0 Å². The number of nitrogens with one attached hydrogen (secondary N) is 1. The zero-order valence-corrected chi connectivity index (χ0v) is 11.4. The lowest BCUT2D eigenvalue weighted by Gasteiger charge is -2.22. The molecule has 0 saturated carbocycles. The number of rotatable bonds is 3. The summed E-state index contributed by atoms with van der Waals surface area (Å²) in [6.45, 7) is 10.3. The van der Waals surface area contributed by atoms with Gasteiger partial charge in [0, 0.05) is 24.0 Å². The molecule has 0 amide bonds. The largest absolute Gasteiger partial charge is 0.323 e. The molecule has 17 heavy (non-hydrogen) atoms. The van der Waals surface area contributed by atoms with Crippen molar-refractivity contribution in [3.05, 3.63) is 23.5 Å². The molecule has 2 heterocycles. The second kappa shape index (κ2) is 5.58. The summed E-state index contributed by atoms with van der Waals surface area (Å²) in [7, 11) is 0. The van der Waals surface area contributed by atoms with Crippen molar-refractivity contribution in [2.45, 2.75) is 46.1 Å². The first-order valence-electron chi connectivity index (χ1n) is 6.84. The zero-order chi connectivity index (χ0) is 12.3. The Hall–Kier alpha value is -0.960. The lowest BCUT2D eigenvalue weighted by molar-refractivity contribution is 0.299. The molecule has 1 N–H and O–H groups in total. The van der Waals surface area contributed by atoms with Crippen LogP contribution < -0.4 is 5.43 Å². The summed E-state index contributed by atoms with van der Waals surface area (Å²) in [5.74, 6) is 0. The molecular weight excluding hydrogens is 210 g/mol. The van der Waals surface area contributed by atoms with Gasteiger partial charge in [-0.05, 0) is 58.3 Å². The van der Waals surface area contributed by atoms with Gasteiger partial charge < -0.3 is 10.3 Å². The summed E-state index contributed by atoms with van der Waals surface area (Å²) >= 11 is 0. The van der Waals surface area contributed by atoms with E-state index >= 15 is 0 Å². The summed E-state index contributed by atoms with van der Waals surface area (Å²) in [5.41, 5.74) is 6.28. The fourth-order valence-electron chi connectivity index (χ4n) is 2.66. The fourth-order valence-corrected chi connectivity index (χ4v) is 2.66. The summed E-state index contributed by atoms with van der Waals surface area (Å²) in [4.78, 5) is 2.55. The molecule has 0 bridgehead atoms. The van der Waals surface area contributed by atoms with Crippen LogP contribution in [0.5, 0.6) is 0 Å². The highest BCUT2D eigenvalue weighted by molar-refractivity contribution is 5.15. The van der Waals surface area contributed by atoms with E-state index in [1.54, 1.807) is 0 Å². The number of hydrogen-bond donors (Lipinski definition) is 1. The molecule has 1 unspecified atom stereocenters. The van der Waals surface area contributed by atoms with E-state index < -0.39 is 0 Å². The Morgan fingerprint density at radius 2 is 1.88 bits per heavy atom. The number of aromatic nitrogens is 1. The van der Waals surface area contributed by atoms with E-state index in [9.17, 15) is 0 Å². The van der Waals surface area contributed by atoms with Crippen LogP contribution in [0.15, 0.2) is 12.1 Å². The van der Waals surface area contributed by atoms with Crippen molar-refractivity contribution in [3.8, 4) is 0 Å². The second-order valence-electron chi connectivity index (χ2n) is 5.14. The van der Waals surface area contributed by atoms with Crippen molar-refractivity contribution >= 4 is 0 Å². The normalized spacial score (nSPS) is 22.4. The predicted molar refractivity (Wildman–Crippen MR) is 73.0 cm³/mol.